The number of ketones is 2. The van der Waals surface area contributed by atoms with Crippen molar-refractivity contribution in [2.75, 3.05) is 20.8 Å². The molecule has 0 saturated heterocycles. The van der Waals surface area contributed by atoms with Crippen LogP contribution in [0.25, 0.3) is 0 Å². The Balaban J connectivity index is 1.98. The summed E-state index contributed by atoms with van der Waals surface area (Å²) in [5, 5.41) is 0. The maximum atomic E-state index is 12.1. The lowest BCUT2D eigenvalue weighted by Crippen LogP contribution is -2.16. The number of Topliss-reactive ketones (excluding diaryl/α,β-unsaturated/α-hetero) is 2. The molecule has 0 aromatic heterocycles. The van der Waals surface area contributed by atoms with Gasteiger partial charge >= 0.3 is 5.97 Å². The van der Waals surface area contributed by atoms with Crippen LogP contribution in [0.3, 0.4) is 0 Å². The van der Waals surface area contributed by atoms with E-state index in [0.29, 0.717) is 28.2 Å². The average Bonchev–Trinajstić information content (AvgIpc) is 2.66. The highest BCUT2D eigenvalue weighted by atomic mass is 16.5. The molecule has 0 fully saturated rings. The maximum Gasteiger partial charge on any atom is 0.310 e. The van der Waals surface area contributed by atoms with Crippen molar-refractivity contribution < 1.29 is 28.6 Å². The van der Waals surface area contributed by atoms with Gasteiger partial charge in [0.15, 0.2) is 18.2 Å². The van der Waals surface area contributed by atoms with E-state index in [2.05, 4.69) is 0 Å². The summed E-state index contributed by atoms with van der Waals surface area (Å²) in [7, 11) is 3.01. The van der Waals surface area contributed by atoms with E-state index in [1.165, 1.54) is 21.1 Å². The van der Waals surface area contributed by atoms with Crippen molar-refractivity contribution in [2.24, 2.45) is 0 Å². The highest BCUT2D eigenvalue weighted by Crippen LogP contribution is 2.21. The summed E-state index contributed by atoms with van der Waals surface area (Å²) in [6.45, 7) is 1.08. The molecule has 2 aromatic carbocycles. The van der Waals surface area contributed by atoms with Gasteiger partial charge in [0, 0.05) is 16.7 Å². The van der Waals surface area contributed by atoms with Crippen molar-refractivity contribution in [3.05, 3.63) is 59.2 Å². The Kier molecular flexibility index (Phi) is 6.49. The minimum absolute atomic E-state index is 0.0970. The first kappa shape index (κ1) is 19.2. The van der Waals surface area contributed by atoms with E-state index >= 15 is 0 Å². The molecule has 0 aliphatic heterocycles. The molecule has 0 saturated carbocycles. The van der Waals surface area contributed by atoms with Gasteiger partial charge in [-0.15, -0.1) is 0 Å². The van der Waals surface area contributed by atoms with E-state index < -0.39 is 5.97 Å². The van der Waals surface area contributed by atoms with Crippen LogP contribution in [0.2, 0.25) is 0 Å². The molecular weight excluding hydrogens is 336 g/mol. The quantitative estimate of drug-likeness (QED) is 0.534. The van der Waals surface area contributed by atoms with Crippen molar-refractivity contribution in [3.8, 4) is 11.5 Å². The molecule has 6 nitrogen and oxygen atoms in total. The van der Waals surface area contributed by atoms with Gasteiger partial charge in [0.2, 0.25) is 0 Å². The molecule has 0 N–H and O–H groups in total. The predicted octanol–water partition coefficient (Wildman–Crippen LogP) is 2.88. The Hall–Kier alpha value is -3.15. The SMILES string of the molecule is COc1ccc(C(=O)COC(=O)Cc2cc(C(C)=O)ccc2OC)cc1. The zero-order valence-electron chi connectivity index (χ0n) is 14.9. The monoisotopic (exact) mass is 356 g/mol. The predicted molar refractivity (Wildman–Crippen MR) is 95.0 cm³/mol. The van der Waals surface area contributed by atoms with E-state index in [1.54, 1.807) is 42.5 Å². The fourth-order valence-electron chi connectivity index (χ4n) is 2.35. The van der Waals surface area contributed by atoms with Gasteiger partial charge in [-0.25, -0.2) is 0 Å². The van der Waals surface area contributed by atoms with Crippen LogP contribution >= 0.6 is 0 Å². The molecule has 0 unspecified atom stereocenters. The van der Waals surface area contributed by atoms with E-state index in [4.69, 9.17) is 14.2 Å². The Morgan fingerprint density at radius 1 is 0.885 bits per heavy atom. The van der Waals surface area contributed by atoms with E-state index in [1.807, 2.05) is 0 Å². The number of rotatable bonds is 8. The van der Waals surface area contributed by atoms with Crippen molar-refractivity contribution in [1.82, 2.24) is 0 Å². The van der Waals surface area contributed by atoms with Gasteiger partial charge in [-0.2, -0.15) is 0 Å². The number of carbonyl (C=O) groups excluding carboxylic acids is 3. The highest BCUT2D eigenvalue weighted by molar-refractivity contribution is 5.98. The molecule has 2 rings (SSSR count). The second kappa shape index (κ2) is 8.80. The number of methoxy groups -OCH3 is 2. The molecular formula is C20H20O6. The van der Waals surface area contributed by atoms with Crippen molar-refractivity contribution in [1.29, 1.82) is 0 Å². The molecule has 26 heavy (non-hydrogen) atoms. The summed E-state index contributed by atoms with van der Waals surface area (Å²) in [5.41, 5.74) is 1.43. The number of esters is 1. The van der Waals surface area contributed by atoms with Crippen LogP contribution < -0.4 is 9.47 Å². The summed E-state index contributed by atoms with van der Waals surface area (Å²) in [5.74, 6) is 0.109. The number of benzene rings is 2. The average molecular weight is 356 g/mol. The Morgan fingerprint density at radius 3 is 2.12 bits per heavy atom. The zero-order valence-corrected chi connectivity index (χ0v) is 14.9. The first-order chi connectivity index (χ1) is 12.4. The highest BCUT2D eigenvalue weighted by Gasteiger charge is 2.14. The van der Waals surface area contributed by atoms with Gasteiger partial charge in [0.25, 0.3) is 0 Å². The minimum Gasteiger partial charge on any atom is -0.497 e. The molecule has 2 aromatic rings. The largest absolute Gasteiger partial charge is 0.497 e. The van der Waals surface area contributed by atoms with Crippen molar-refractivity contribution >= 4 is 17.5 Å². The van der Waals surface area contributed by atoms with E-state index in [0.717, 1.165) is 0 Å². The van der Waals surface area contributed by atoms with Gasteiger partial charge in [-0.1, -0.05) is 0 Å². The van der Waals surface area contributed by atoms with Gasteiger partial charge in [0.1, 0.15) is 11.5 Å². The van der Waals surface area contributed by atoms with Crippen LogP contribution in [0.5, 0.6) is 11.5 Å². The van der Waals surface area contributed by atoms with Gasteiger partial charge in [-0.05, 0) is 49.4 Å². The molecule has 136 valence electrons. The number of hydrogen-bond acceptors (Lipinski definition) is 6. The van der Waals surface area contributed by atoms with Crippen molar-refractivity contribution in [3.63, 3.8) is 0 Å². The topological polar surface area (TPSA) is 78.9 Å². The fraction of sp³-hybridized carbons (Fsp3) is 0.250. The molecule has 0 spiro atoms. The Bertz CT molecular complexity index is 808. The summed E-state index contributed by atoms with van der Waals surface area (Å²) < 4.78 is 15.3. The standard InChI is InChI=1S/C20H20O6/c1-13(21)15-6-9-19(25-3)16(10-15)11-20(23)26-12-18(22)14-4-7-17(24-2)8-5-14/h4-10H,11-12H2,1-3H3. The van der Waals surface area contributed by atoms with Gasteiger partial charge in [-0.3, -0.25) is 14.4 Å². The molecule has 0 radical (unpaired) electrons. The second-order valence-electron chi connectivity index (χ2n) is 5.57. The fourth-order valence-corrected chi connectivity index (χ4v) is 2.35. The van der Waals surface area contributed by atoms with E-state index in [-0.39, 0.29) is 24.6 Å². The van der Waals surface area contributed by atoms with E-state index in [9.17, 15) is 14.4 Å². The van der Waals surface area contributed by atoms with Crippen LogP contribution in [-0.4, -0.2) is 38.4 Å². The van der Waals surface area contributed by atoms with Crippen LogP contribution in [0.1, 0.15) is 33.2 Å². The molecule has 0 amide bonds. The van der Waals surface area contributed by atoms with Crippen LogP contribution in [0.15, 0.2) is 42.5 Å². The number of hydrogen-bond donors (Lipinski definition) is 0. The zero-order chi connectivity index (χ0) is 19.1. The second-order valence-corrected chi connectivity index (χ2v) is 5.57. The molecule has 6 heteroatoms. The van der Waals surface area contributed by atoms with Gasteiger partial charge < -0.3 is 14.2 Å². The lowest BCUT2D eigenvalue weighted by atomic mass is 10.0. The summed E-state index contributed by atoms with van der Waals surface area (Å²) in [6.07, 6.45) is -0.0970. The number of carbonyl (C=O) groups is 3. The first-order valence-corrected chi connectivity index (χ1v) is 7.95. The van der Waals surface area contributed by atoms with Crippen LogP contribution in [-0.2, 0) is 16.0 Å². The molecule has 0 aliphatic carbocycles. The summed E-state index contributed by atoms with van der Waals surface area (Å²) >= 11 is 0. The third-order valence-corrected chi connectivity index (χ3v) is 3.80. The molecule has 0 heterocycles. The van der Waals surface area contributed by atoms with Crippen LogP contribution in [0.4, 0.5) is 0 Å². The molecule has 0 atom stereocenters. The molecule has 0 bridgehead atoms. The Morgan fingerprint density at radius 2 is 1.54 bits per heavy atom. The minimum atomic E-state index is -0.578. The normalized spacial score (nSPS) is 10.1. The maximum absolute atomic E-state index is 12.1. The smallest absolute Gasteiger partial charge is 0.310 e. The van der Waals surface area contributed by atoms with Crippen molar-refractivity contribution in [2.45, 2.75) is 13.3 Å². The third kappa shape index (κ3) is 4.92. The van der Waals surface area contributed by atoms with Crippen LogP contribution in [0, 0.1) is 0 Å². The number of ether oxygens (including phenoxy) is 3. The Labute approximate surface area is 151 Å². The molecule has 0 aliphatic rings. The lowest BCUT2D eigenvalue weighted by Gasteiger charge is -2.10. The lowest BCUT2D eigenvalue weighted by molar-refractivity contribution is -0.141. The summed E-state index contributed by atoms with van der Waals surface area (Å²) in [4.78, 5) is 35.6. The first-order valence-electron chi connectivity index (χ1n) is 7.95. The van der Waals surface area contributed by atoms with Gasteiger partial charge in [0.05, 0.1) is 20.6 Å². The third-order valence-electron chi connectivity index (χ3n) is 3.80. The summed E-state index contributed by atoms with van der Waals surface area (Å²) in [6, 6.07) is 11.4.